The number of hydrogen-bond donors (Lipinski definition) is 2. The lowest BCUT2D eigenvalue weighted by Crippen LogP contribution is -2.52. The highest BCUT2D eigenvalue weighted by Gasteiger charge is 2.36. The van der Waals surface area contributed by atoms with Crippen LogP contribution in [-0.4, -0.2) is 59.3 Å². The van der Waals surface area contributed by atoms with Gasteiger partial charge in [0.05, 0.1) is 0 Å². The molecule has 1 aliphatic heterocycles. The molecule has 1 fully saturated rings. The lowest BCUT2D eigenvalue weighted by atomic mass is 10.0. The zero-order valence-corrected chi connectivity index (χ0v) is 16.0. The summed E-state index contributed by atoms with van der Waals surface area (Å²) in [6.07, 6.45) is 2.96. The lowest BCUT2D eigenvalue weighted by molar-refractivity contribution is -0.199. The normalized spacial score (nSPS) is 16.4. The average molecular weight is 387 g/mol. The number of carbonyl (C=O) groups is 5. The van der Waals surface area contributed by atoms with Crippen LogP contribution in [0.25, 0.3) is 0 Å². The van der Waals surface area contributed by atoms with Gasteiger partial charge in [0.2, 0.25) is 12.3 Å². The van der Waals surface area contributed by atoms with Crippen LogP contribution in [0.2, 0.25) is 0 Å². The van der Waals surface area contributed by atoms with E-state index in [1.54, 1.807) is 0 Å². The van der Waals surface area contributed by atoms with Crippen molar-refractivity contribution in [2.24, 2.45) is 5.92 Å². The molecule has 0 aliphatic carbocycles. The number of nitrogens with zero attached hydrogens (tertiary/aromatic N) is 1. The molecule has 9 nitrogen and oxygen atoms in total. The van der Waals surface area contributed by atoms with E-state index in [1.807, 2.05) is 20.1 Å². The molecule has 2 atom stereocenters. The van der Waals surface area contributed by atoms with E-state index >= 15 is 0 Å². The van der Waals surface area contributed by atoms with Crippen LogP contribution in [0.4, 0.5) is 0 Å². The third-order valence-electron chi connectivity index (χ3n) is 3.69. The molecule has 0 saturated carbocycles. The summed E-state index contributed by atoms with van der Waals surface area (Å²) in [6, 6.07) is -1.81. The number of nitrogens with one attached hydrogen (secondary N) is 2. The van der Waals surface area contributed by atoms with Gasteiger partial charge in [-0.1, -0.05) is 13.8 Å². The Morgan fingerprint density at radius 2 is 1.85 bits per heavy atom. The van der Waals surface area contributed by atoms with Crippen LogP contribution in [0.15, 0.2) is 0 Å². The van der Waals surface area contributed by atoms with Crippen LogP contribution in [0, 0.1) is 5.92 Å². The van der Waals surface area contributed by atoms with Crippen LogP contribution in [-0.2, 0) is 28.8 Å². The summed E-state index contributed by atoms with van der Waals surface area (Å²) >= 11 is 1.52. The fraction of sp³-hybridized carbons (Fsp3) is 0.688. The molecule has 0 aromatic heterocycles. The Morgan fingerprint density at radius 3 is 2.35 bits per heavy atom. The number of carbonyl (C=O) groups excluding carboxylic acids is 5. The highest BCUT2D eigenvalue weighted by atomic mass is 32.2. The molecule has 1 rings (SSSR count). The highest BCUT2D eigenvalue weighted by molar-refractivity contribution is 7.98. The second-order valence-electron chi connectivity index (χ2n) is 6.30. The van der Waals surface area contributed by atoms with Crippen molar-refractivity contribution in [1.82, 2.24) is 15.7 Å². The van der Waals surface area contributed by atoms with Gasteiger partial charge in [0.15, 0.2) is 0 Å². The lowest BCUT2D eigenvalue weighted by Gasteiger charge is -2.23. The van der Waals surface area contributed by atoms with Gasteiger partial charge in [-0.05, 0) is 30.8 Å². The minimum atomic E-state index is -1.03. The summed E-state index contributed by atoms with van der Waals surface area (Å²) in [6.45, 7) is 3.71. The van der Waals surface area contributed by atoms with E-state index in [9.17, 15) is 24.0 Å². The molecule has 2 N–H and O–H groups in total. The molecule has 0 aromatic rings. The van der Waals surface area contributed by atoms with Crippen molar-refractivity contribution >= 4 is 41.9 Å². The van der Waals surface area contributed by atoms with Crippen molar-refractivity contribution in [3.05, 3.63) is 0 Å². The monoisotopic (exact) mass is 387 g/mol. The van der Waals surface area contributed by atoms with E-state index in [0.717, 1.165) is 0 Å². The highest BCUT2D eigenvalue weighted by Crippen LogP contribution is 2.15. The second-order valence-corrected chi connectivity index (χ2v) is 7.29. The minimum absolute atomic E-state index is 0.00661. The van der Waals surface area contributed by atoms with Crippen LogP contribution in [0.1, 0.15) is 39.5 Å². The zero-order valence-electron chi connectivity index (χ0n) is 15.1. The van der Waals surface area contributed by atoms with Crippen molar-refractivity contribution in [1.29, 1.82) is 0 Å². The summed E-state index contributed by atoms with van der Waals surface area (Å²) in [5.74, 6) is -1.88. The molecule has 0 spiro atoms. The van der Waals surface area contributed by atoms with E-state index in [2.05, 4.69) is 10.6 Å². The predicted molar refractivity (Wildman–Crippen MR) is 94.6 cm³/mol. The van der Waals surface area contributed by atoms with E-state index in [1.165, 1.54) is 11.8 Å². The van der Waals surface area contributed by atoms with Crippen LogP contribution < -0.4 is 10.6 Å². The summed E-state index contributed by atoms with van der Waals surface area (Å²) in [5, 5.41) is 5.43. The molecule has 0 radical (unpaired) electrons. The zero-order chi connectivity index (χ0) is 19.7. The van der Waals surface area contributed by atoms with Gasteiger partial charge in [0.25, 0.3) is 11.8 Å². The van der Waals surface area contributed by atoms with E-state index < -0.39 is 35.8 Å². The molecule has 1 heterocycles. The molecule has 1 aliphatic rings. The first-order chi connectivity index (χ1) is 12.3. The summed E-state index contributed by atoms with van der Waals surface area (Å²) in [5.41, 5.74) is 0. The van der Waals surface area contributed by atoms with Gasteiger partial charge in [-0.3, -0.25) is 19.2 Å². The molecule has 4 amide bonds. The number of amides is 4. The maximum absolute atomic E-state index is 12.4. The van der Waals surface area contributed by atoms with E-state index in [4.69, 9.17) is 4.84 Å². The van der Waals surface area contributed by atoms with Gasteiger partial charge >= 0.3 is 5.97 Å². The Balaban J connectivity index is 2.79. The molecule has 0 bridgehead atoms. The Morgan fingerprint density at radius 1 is 1.23 bits per heavy atom. The number of hydroxylamine groups is 2. The van der Waals surface area contributed by atoms with Crippen molar-refractivity contribution in [3.63, 3.8) is 0 Å². The van der Waals surface area contributed by atoms with E-state index in [0.29, 0.717) is 23.6 Å². The van der Waals surface area contributed by atoms with Gasteiger partial charge in [0.1, 0.15) is 12.1 Å². The number of hydrogen-bond acceptors (Lipinski definition) is 7. The minimum Gasteiger partial charge on any atom is -0.347 e. The first-order valence-corrected chi connectivity index (χ1v) is 9.76. The molecular weight excluding hydrogens is 362 g/mol. The maximum Gasteiger partial charge on any atom is 0.355 e. The van der Waals surface area contributed by atoms with Gasteiger partial charge in [-0.25, -0.2) is 4.79 Å². The van der Waals surface area contributed by atoms with Crippen molar-refractivity contribution in [2.75, 3.05) is 12.0 Å². The van der Waals surface area contributed by atoms with Crippen molar-refractivity contribution in [3.8, 4) is 0 Å². The SMILES string of the molecule is CSCC[C@H](NC=O)C(=O)NC(CC(C)C)C(=O)ON1C(=O)CCC1=O. The van der Waals surface area contributed by atoms with Crippen LogP contribution in [0.5, 0.6) is 0 Å². The Hall–Kier alpha value is -2.10. The van der Waals surface area contributed by atoms with Gasteiger partial charge < -0.3 is 15.5 Å². The Bertz CT molecular complexity index is 538. The topological polar surface area (TPSA) is 122 Å². The molecule has 146 valence electrons. The summed E-state index contributed by atoms with van der Waals surface area (Å²) in [7, 11) is 0. The fourth-order valence-corrected chi connectivity index (χ4v) is 2.85. The van der Waals surface area contributed by atoms with E-state index in [-0.39, 0.29) is 25.2 Å². The number of rotatable bonds is 11. The quantitative estimate of drug-likeness (QED) is 0.378. The van der Waals surface area contributed by atoms with Crippen molar-refractivity contribution < 1.29 is 28.8 Å². The Kier molecular flexibility index (Phi) is 9.11. The maximum atomic E-state index is 12.4. The van der Waals surface area contributed by atoms with Gasteiger partial charge in [0, 0.05) is 12.8 Å². The smallest absolute Gasteiger partial charge is 0.347 e. The molecular formula is C16H25N3O6S. The molecule has 26 heavy (non-hydrogen) atoms. The first kappa shape index (κ1) is 21.9. The standard InChI is InChI=1S/C16H25N3O6S/c1-10(2)8-12(16(24)25-19-13(21)4-5-14(19)22)18-15(23)11(17-9-20)6-7-26-3/h9-12H,4-8H2,1-3H3,(H,17,20)(H,18,23)/t11-,12?/m0/s1. The average Bonchev–Trinajstić information content (AvgIpc) is 2.89. The Labute approximate surface area is 156 Å². The molecule has 0 aromatic carbocycles. The van der Waals surface area contributed by atoms with Crippen LogP contribution in [0.3, 0.4) is 0 Å². The second kappa shape index (κ2) is 10.8. The largest absolute Gasteiger partial charge is 0.355 e. The fourth-order valence-electron chi connectivity index (χ4n) is 2.38. The molecule has 10 heteroatoms. The summed E-state index contributed by atoms with van der Waals surface area (Å²) in [4.78, 5) is 63.6. The van der Waals surface area contributed by atoms with Crippen molar-refractivity contribution in [2.45, 2.75) is 51.6 Å². The third kappa shape index (κ3) is 6.66. The third-order valence-corrected chi connectivity index (χ3v) is 4.34. The molecule has 1 saturated heterocycles. The van der Waals surface area contributed by atoms with Gasteiger partial charge in [-0.15, -0.1) is 5.06 Å². The van der Waals surface area contributed by atoms with Gasteiger partial charge in [-0.2, -0.15) is 11.8 Å². The summed E-state index contributed by atoms with van der Waals surface area (Å²) < 4.78 is 0. The first-order valence-electron chi connectivity index (χ1n) is 8.36. The number of imide groups is 1. The number of thioether (sulfide) groups is 1. The molecule has 1 unspecified atom stereocenters. The van der Waals surface area contributed by atoms with Crippen LogP contribution >= 0.6 is 11.8 Å². The predicted octanol–water partition coefficient (Wildman–Crippen LogP) is -0.00780.